The summed E-state index contributed by atoms with van der Waals surface area (Å²) in [6.45, 7) is 0. The van der Waals surface area contributed by atoms with Gasteiger partial charge in [0, 0.05) is 12.5 Å². The Morgan fingerprint density at radius 3 is 2.83 bits per heavy atom. The molecule has 0 saturated heterocycles. The summed E-state index contributed by atoms with van der Waals surface area (Å²) in [7, 11) is 1.91. The van der Waals surface area contributed by atoms with Gasteiger partial charge in [0.25, 0.3) is 0 Å². The normalized spacial score (nSPS) is 21.5. The van der Waals surface area contributed by atoms with Crippen molar-refractivity contribution < 1.29 is 0 Å². The van der Waals surface area contributed by atoms with E-state index in [0.717, 1.165) is 0 Å². The van der Waals surface area contributed by atoms with Gasteiger partial charge in [-0.1, -0.05) is 0 Å². The predicted molar refractivity (Wildman–Crippen MR) is 26.6 cm³/mol. The molecule has 1 aliphatic heterocycles. The van der Waals surface area contributed by atoms with Crippen molar-refractivity contribution in [1.29, 1.82) is 0 Å². The molecule has 0 bridgehead atoms. The standard InChI is InChI=1S/C3H5N2S/c1-5-4-2-3-6-5/h2-3H,1H3. The molecule has 0 amide bonds. The quantitative estimate of drug-likeness (QED) is 0.415. The highest BCUT2D eigenvalue weighted by Crippen LogP contribution is 2.10. The number of hydrogen-bond acceptors (Lipinski definition) is 2. The summed E-state index contributed by atoms with van der Waals surface area (Å²) in [4.78, 5) is 0. The molecule has 1 radical (unpaired) electrons. The van der Waals surface area contributed by atoms with Gasteiger partial charge in [0.1, 0.15) is 0 Å². The van der Waals surface area contributed by atoms with Crippen LogP contribution in [0.25, 0.3) is 0 Å². The van der Waals surface area contributed by atoms with Crippen LogP contribution in [0.4, 0.5) is 0 Å². The van der Waals surface area contributed by atoms with Crippen molar-refractivity contribution in [2.75, 3.05) is 7.05 Å². The molecule has 0 aromatic heterocycles. The molecular weight excluding hydrogens is 96.1 g/mol. The summed E-state index contributed by atoms with van der Waals surface area (Å²) in [6, 6.07) is 0. The summed E-state index contributed by atoms with van der Waals surface area (Å²) in [5, 5.41) is 1.93. The van der Waals surface area contributed by atoms with E-state index >= 15 is 0 Å². The number of hydrogen-bond donors (Lipinski definition) is 0. The molecule has 1 heterocycles. The maximum absolute atomic E-state index is 3.85. The largest absolute Gasteiger partial charge is 0.196 e. The second kappa shape index (κ2) is 1.53. The van der Waals surface area contributed by atoms with Gasteiger partial charge in [-0.05, 0) is 11.9 Å². The van der Waals surface area contributed by atoms with Crippen molar-refractivity contribution >= 4 is 11.9 Å². The third-order valence-electron chi connectivity index (χ3n) is 0.504. The molecule has 2 nitrogen and oxygen atoms in total. The maximum Gasteiger partial charge on any atom is 0.0502 e. The van der Waals surface area contributed by atoms with E-state index in [9.17, 15) is 0 Å². The lowest BCUT2D eigenvalue weighted by molar-refractivity contribution is 0.493. The summed E-state index contributed by atoms with van der Waals surface area (Å²) in [5.74, 6) is 0. The molecule has 0 unspecified atom stereocenters. The van der Waals surface area contributed by atoms with Gasteiger partial charge in [0.05, 0.1) is 6.20 Å². The van der Waals surface area contributed by atoms with E-state index < -0.39 is 0 Å². The van der Waals surface area contributed by atoms with Crippen LogP contribution in [0.2, 0.25) is 0 Å². The lowest BCUT2D eigenvalue weighted by atomic mass is 11.1. The highest BCUT2D eigenvalue weighted by molar-refractivity contribution is 8.00. The SMILES string of the molecule is CN1[N]C=CS1. The van der Waals surface area contributed by atoms with Crippen molar-refractivity contribution in [2.45, 2.75) is 0 Å². The Morgan fingerprint density at radius 1 is 1.83 bits per heavy atom. The Hall–Kier alpha value is -0.150. The predicted octanol–water partition coefficient (Wildman–Crippen LogP) is 0.571. The minimum atomic E-state index is 1.58. The molecule has 0 aromatic carbocycles. The van der Waals surface area contributed by atoms with E-state index in [1.165, 1.54) is 0 Å². The second-order valence-electron chi connectivity index (χ2n) is 0.970. The van der Waals surface area contributed by atoms with Crippen molar-refractivity contribution in [1.82, 2.24) is 9.84 Å². The summed E-state index contributed by atoms with van der Waals surface area (Å²) >= 11 is 1.58. The zero-order valence-electron chi connectivity index (χ0n) is 3.46. The molecule has 0 spiro atoms. The van der Waals surface area contributed by atoms with Crippen molar-refractivity contribution in [2.24, 2.45) is 0 Å². The first kappa shape index (κ1) is 4.02. The van der Waals surface area contributed by atoms with E-state index in [1.54, 1.807) is 22.6 Å². The average Bonchev–Trinajstić information content (AvgIpc) is 1.86. The van der Waals surface area contributed by atoms with E-state index in [0.29, 0.717) is 0 Å². The van der Waals surface area contributed by atoms with Crippen molar-refractivity contribution in [3.05, 3.63) is 11.6 Å². The zero-order valence-corrected chi connectivity index (χ0v) is 4.27. The number of nitrogens with zero attached hydrogens (tertiary/aromatic N) is 2. The highest BCUT2D eigenvalue weighted by atomic mass is 32.2. The summed E-state index contributed by atoms with van der Waals surface area (Å²) < 4.78 is 1.79. The van der Waals surface area contributed by atoms with Crippen LogP contribution < -0.4 is 5.43 Å². The van der Waals surface area contributed by atoms with Gasteiger partial charge in [0.2, 0.25) is 0 Å². The van der Waals surface area contributed by atoms with Crippen LogP contribution in [0.1, 0.15) is 0 Å². The number of rotatable bonds is 0. The fourth-order valence-electron chi connectivity index (χ4n) is 0.264. The van der Waals surface area contributed by atoms with Gasteiger partial charge in [-0.3, -0.25) is 0 Å². The van der Waals surface area contributed by atoms with E-state index in [1.807, 2.05) is 12.5 Å². The van der Waals surface area contributed by atoms with E-state index in [2.05, 4.69) is 5.43 Å². The van der Waals surface area contributed by atoms with Crippen LogP contribution in [0, 0.1) is 0 Å². The maximum atomic E-state index is 3.85. The van der Waals surface area contributed by atoms with Gasteiger partial charge >= 0.3 is 0 Å². The first-order chi connectivity index (χ1) is 2.89. The Bertz CT molecular complexity index is 63.2. The Kier molecular flexibility index (Phi) is 1.03. The second-order valence-corrected chi connectivity index (χ2v) is 1.98. The molecule has 0 saturated carbocycles. The third-order valence-corrected chi connectivity index (χ3v) is 1.15. The minimum Gasteiger partial charge on any atom is -0.196 e. The van der Waals surface area contributed by atoms with Crippen molar-refractivity contribution in [3.63, 3.8) is 0 Å². The third kappa shape index (κ3) is 0.666. The molecule has 0 fully saturated rings. The minimum absolute atomic E-state index is 1.58. The van der Waals surface area contributed by atoms with E-state index in [-0.39, 0.29) is 0 Å². The molecular formula is C3H5N2S. The molecule has 1 rings (SSSR count). The molecule has 6 heavy (non-hydrogen) atoms. The van der Waals surface area contributed by atoms with E-state index in [4.69, 9.17) is 0 Å². The van der Waals surface area contributed by atoms with Crippen LogP contribution in [-0.2, 0) is 0 Å². The lowest BCUT2D eigenvalue weighted by Crippen LogP contribution is -2.08. The first-order valence-electron chi connectivity index (χ1n) is 1.66. The average molecular weight is 101 g/mol. The van der Waals surface area contributed by atoms with Crippen molar-refractivity contribution in [3.8, 4) is 0 Å². The zero-order chi connectivity index (χ0) is 4.41. The van der Waals surface area contributed by atoms with Crippen LogP contribution in [0.15, 0.2) is 11.6 Å². The molecule has 0 N–H and O–H groups in total. The fraction of sp³-hybridized carbons (Fsp3) is 0.333. The van der Waals surface area contributed by atoms with Crippen LogP contribution >= 0.6 is 11.9 Å². The van der Waals surface area contributed by atoms with Gasteiger partial charge in [-0.2, -0.15) is 5.43 Å². The van der Waals surface area contributed by atoms with Gasteiger partial charge < -0.3 is 0 Å². The van der Waals surface area contributed by atoms with Crippen LogP contribution in [0.3, 0.4) is 0 Å². The molecule has 0 aromatic rings. The van der Waals surface area contributed by atoms with Gasteiger partial charge in [-0.15, -0.1) is 4.41 Å². The van der Waals surface area contributed by atoms with Crippen LogP contribution in [-0.4, -0.2) is 11.5 Å². The molecule has 3 heteroatoms. The molecule has 0 atom stereocenters. The summed E-state index contributed by atoms with van der Waals surface area (Å²) in [6.07, 6.45) is 1.77. The topological polar surface area (TPSA) is 17.3 Å². The smallest absolute Gasteiger partial charge is 0.0502 e. The monoisotopic (exact) mass is 101 g/mol. The summed E-state index contributed by atoms with van der Waals surface area (Å²) in [5.41, 5.74) is 3.85. The van der Waals surface area contributed by atoms with Crippen LogP contribution in [0.5, 0.6) is 0 Å². The Balaban J connectivity index is 2.32. The Labute approximate surface area is 41.3 Å². The fourth-order valence-corrected chi connectivity index (χ4v) is 0.657. The molecule has 1 aliphatic rings. The van der Waals surface area contributed by atoms with Gasteiger partial charge in [0.15, 0.2) is 0 Å². The molecule has 0 aliphatic carbocycles. The lowest BCUT2D eigenvalue weighted by Gasteiger charge is -1.98. The van der Waals surface area contributed by atoms with Gasteiger partial charge in [-0.25, -0.2) is 0 Å². The first-order valence-corrected chi connectivity index (χ1v) is 2.49. The highest BCUT2D eigenvalue weighted by Gasteiger charge is 1.97. The Morgan fingerprint density at radius 2 is 2.67 bits per heavy atom. The molecule has 33 valence electrons.